The molecule has 0 radical (unpaired) electrons. The van der Waals surface area contributed by atoms with E-state index in [-0.39, 0.29) is 12.5 Å². The van der Waals surface area contributed by atoms with Crippen LogP contribution in [0.3, 0.4) is 0 Å². The van der Waals surface area contributed by atoms with Gasteiger partial charge >= 0.3 is 0 Å². The Bertz CT molecular complexity index is 863. The average molecular weight is 353 g/mol. The predicted octanol–water partition coefficient (Wildman–Crippen LogP) is 2.22. The highest BCUT2D eigenvalue weighted by Gasteiger charge is 2.27. The quantitative estimate of drug-likeness (QED) is 0.737. The number of rotatable bonds is 4. The molecule has 3 heterocycles. The molecule has 1 fully saturated rings. The number of fused-ring (bicyclic) bond motifs is 1. The Morgan fingerprint density at radius 2 is 2.04 bits per heavy atom. The summed E-state index contributed by atoms with van der Waals surface area (Å²) in [7, 11) is 0. The van der Waals surface area contributed by atoms with Gasteiger partial charge in [0.2, 0.25) is 0 Å². The molecule has 1 aromatic heterocycles. The first-order valence-corrected chi connectivity index (χ1v) is 8.90. The number of hydrogen-bond acceptors (Lipinski definition) is 4. The van der Waals surface area contributed by atoms with E-state index in [0.717, 1.165) is 60.9 Å². The summed E-state index contributed by atoms with van der Waals surface area (Å²) in [6.07, 6.45) is 2.01. The van der Waals surface area contributed by atoms with Gasteiger partial charge in [-0.3, -0.25) is 9.69 Å². The Kier molecular flexibility index (Phi) is 4.63. The molecular formula is C20H23N3O3. The van der Waals surface area contributed by atoms with Gasteiger partial charge < -0.3 is 20.1 Å². The predicted molar refractivity (Wildman–Crippen MR) is 100 cm³/mol. The molecule has 3 N–H and O–H groups in total. The number of carbonyl (C=O) groups excluding carboxylic acids is 1. The third kappa shape index (κ3) is 3.19. The highest BCUT2D eigenvalue weighted by molar-refractivity contribution is 6.36. The van der Waals surface area contributed by atoms with Gasteiger partial charge in [0.1, 0.15) is 0 Å². The maximum absolute atomic E-state index is 12.5. The van der Waals surface area contributed by atoms with E-state index in [1.165, 1.54) is 5.56 Å². The fourth-order valence-corrected chi connectivity index (χ4v) is 3.58. The van der Waals surface area contributed by atoms with Gasteiger partial charge in [0.05, 0.1) is 25.4 Å². The van der Waals surface area contributed by atoms with Crippen LogP contribution in [0, 0.1) is 0 Å². The Balaban J connectivity index is 1.63. The van der Waals surface area contributed by atoms with Crippen LogP contribution in [0.5, 0.6) is 0 Å². The monoisotopic (exact) mass is 353 g/mol. The smallest absolute Gasteiger partial charge is 0.256 e. The van der Waals surface area contributed by atoms with Crippen molar-refractivity contribution in [2.45, 2.75) is 20.1 Å². The molecule has 6 heteroatoms. The van der Waals surface area contributed by atoms with E-state index < -0.39 is 0 Å². The number of anilines is 1. The summed E-state index contributed by atoms with van der Waals surface area (Å²) in [5.41, 5.74) is 6.15. The van der Waals surface area contributed by atoms with Gasteiger partial charge in [0, 0.05) is 42.8 Å². The van der Waals surface area contributed by atoms with Gasteiger partial charge in [-0.1, -0.05) is 6.07 Å². The van der Waals surface area contributed by atoms with Crippen LogP contribution in [0.2, 0.25) is 0 Å². The molecular weight excluding hydrogens is 330 g/mol. The van der Waals surface area contributed by atoms with Gasteiger partial charge in [-0.2, -0.15) is 0 Å². The molecule has 1 amide bonds. The standard InChI is InChI=1S/C20H23N3O3/c1-13(18-9-15(10-21-18)11-23-4-6-26-7-5-23)19-16-8-14(12-24)2-3-17(16)22-20(19)25/h2-3,8-10,21,24H,4-7,11-12H2,1H3,(H,22,25)/b19-13+. The van der Waals surface area contributed by atoms with Crippen molar-refractivity contribution in [3.63, 3.8) is 0 Å². The maximum atomic E-state index is 12.5. The van der Waals surface area contributed by atoms with Gasteiger partial charge in [-0.05, 0) is 41.8 Å². The number of aromatic amines is 1. The zero-order valence-corrected chi connectivity index (χ0v) is 14.8. The van der Waals surface area contributed by atoms with Crippen LogP contribution in [0.1, 0.15) is 29.3 Å². The Labute approximate surface area is 152 Å². The normalized spacial score (nSPS) is 19.4. The summed E-state index contributed by atoms with van der Waals surface area (Å²) in [4.78, 5) is 18.2. The lowest BCUT2D eigenvalue weighted by molar-refractivity contribution is -0.110. The molecule has 26 heavy (non-hydrogen) atoms. The second-order valence-electron chi connectivity index (χ2n) is 6.80. The first-order valence-electron chi connectivity index (χ1n) is 8.90. The Morgan fingerprint density at radius 3 is 2.81 bits per heavy atom. The summed E-state index contributed by atoms with van der Waals surface area (Å²) in [5, 5.41) is 12.3. The molecule has 0 atom stereocenters. The van der Waals surface area contributed by atoms with E-state index in [4.69, 9.17) is 4.74 Å². The molecule has 1 saturated heterocycles. The van der Waals surface area contributed by atoms with Crippen LogP contribution in [-0.2, 0) is 22.7 Å². The van der Waals surface area contributed by atoms with Gasteiger partial charge in [0.25, 0.3) is 5.91 Å². The number of morpholine rings is 1. The molecule has 0 bridgehead atoms. The second kappa shape index (κ2) is 7.07. The first kappa shape index (κ1) is 17.0. The minimum Gasteiger partial charge on any atom is -0.392 e. The van der Waals surface area contributed by atoms with Crippen molar-refractivity contribution in [2.75, 3.05) is 31.6 Å². The summed E-state index contributed by atoms with van der Waals surface area (Å²) < 4.78 is 5.39. The van der Waals surface area contributed by atoms with Crippen molar-refractivity contribution in [3.05, 3.63) is 52.8 Å². The number of hydrogen-bond donors (Lipinski definition) is 3. The topological polar surface area (TPSA) is 77.6 Å². The number of amides is 1. The lowest BCUT2D eigenvalue weighted by Gasteiger charge is -2.25. The minimum absolute atomic E-state index is 0.0417. The number of ether oxygens (including phenoxy) is 1. The minimum atomic E-state index is -0.100. The van der Waals surface area contributed by atoms with E-state index in [2.05, 4.69) is 21.3 Å². The molecule has 136 valence electrons. The summed E-state index contributed by atoms with van der Waals surface area (Å²) in [6, 6.07) is 7.66. The largest absolute Gasteiger partial charge is 0.392 e. The highest BCUT2D eigenvalue weighted by Crippen LogP contribution is 2.37. The summed E-state index contributed by atoms with van der Waals surface area (Å²) in [5.74, 6) is -0.100. The number of nitrogens with one attached hydrogen (secondary N) is 2. The van der Waals surface area contributed by atoms with E-state index in [0.29, 0.717) is 5.57 Å². The van der Waals surface area contributed by atoms with Crippen molar-refractivity contribution in [1.29, 1.82) is 0 Å². The average Bonchev–Trinajstić information content (AvgIpc) is 3.25. The fraction of sp³-hybridized carbons (Fsp3) is 0.350. The van der Waals surface area contributed by atoms with Crippen LogP contribution < -0.4 is 5.32 Å². The number of aliphatic hydroxyl groups excluding tert-OH is 1. The molecule has 6 nitrogen and oxygen atoms in total. The first-order chi connectivity index (χ1) is 12.7. The molecule has 2 aromatic rings. The summed E-state index contributed by atoms with van der Waals surface area (Å²) >= 11 is 0. The molecule has 0 unspecified atom stereocenters. The van der Waals surface area contributed by atoms with E-state index in [9.17, 15) is 9.90 Å². The van der Waals surface area contributed by atoms with Crippen molar-refractivity contribution in [1.82, 2.24) is 9.88 Å². The third-order valence-corrected chi connectivity index (χ3v) is 5.04. The number of aromatic nitrogens is 1. The van der Waals surface area contributed by atoms with E-state index in [1.807, 2.05) is 31.3 Å². The zero-order chi connectivity index (χ0) is 18.1. The van der Waals surface area contributed by atoms with E-state index >= 15 is 0 Å². The van der Waals surface area contributed by atoms with Gasteiger partial charge in [0.15, 0.2) is 0 Å². The molecule has 2 aliphatic rings. The Hall–Kier alpha value is -2.41. The molecule has 4 rings (SSSR count). The second-order valence-corrected chi connectivity index (χ2v) is 6.80. The van der Waals surface area contributed by atoms with Gasteiger partial charge in [-0.15, -0.1) is 0 Å². The Morgan fingerprint density at radius 1 is 1.23 bits per heavy atom. The van der Waals surface area contributed by atoms with Crippen molar-refractivity contribution < 1.29 is 14.6 Å². The van der Waals surface area contributed by atoms with Crippen molar-refractivity contribution in [3.8, 4) is 0 Å². The van der Waals surface area contributed by atoms with E-state index in [1.54, 1.807) is 0 Å². The SMILES string of the molecule is C/C(=C1\C(=O)Nc2ccc(CO)cc21)c1cc(CN2CCOCC2)c[nH]1. The molecule has 0 saturated carbocycles. The lowest BCUT2D eigenvalue weighted by Crippen LogP contribution is -2.35. The molecule has 0 aliphatic carbocycles. The molecule has 2 aliphatic heterocycles. The van der Waals surface area contributed by atoms with Crippen LogP contribution in [0.15, 0.2) is 30.5 Å². The maximum Gasteiger partial charge on any atom is 0.256 e. The zero-order valence-electron chi connectivity index (χ0n) is 14.8. The van der Waals surface area contributed by atoms with Crippen LogP contribution in [-0.4, -0.2) is 47.2 Å². The summed E-state index contributed by atoms with van der Waals surface area (Å²) in [6.45, 7) is 6.25. The van der Waals surface area contributed by atoms with Crippen LogP contribution in [0.25, 0.3) is 11.1 Å². The van der Waals surface area contributed by atoms with Crippen molar-refractivity contribution >= 4 is 22.7 Å². The van der Waals surface area contributed by atoms with Gasteiger partial charge in [-0.25, -0.2) is 0 Å². The fourth-order valence-electron chi connectivity index (χ4n) is 3.58. The number of allylic oxidation sites excluding steroid dienone is 1. The third-order valence-electron chi connectivity index (χ3n) is 5.04. The lowest BCUT2D eigenvalue weighted by atomic mass is 9.98. The van der Waals surface area contributed by atoms with Crippen molar-refractivity contribution in [2.24, 2.45) is 0 Å². The van der Waals surface area contributed by atoms with Crippen LogP contribution >= 0.6 is 0 Å². The number of carbonyl (C=O) groups is 1. The molecule has 0 spiro atoms. The molecule has 1 aromatic carbocycles. The van der Waals surface area contributed by atoms with Crippen LogP contribution in [0.4, 0.5) is 5.69 Å². The number of H-pyrrole nitrogens is 1. The highest BCUT2D eigenvalue weighted by atomic mass is 16.5. The number of nitrogens with zero attached hydrogens (tertiary/aromatic N) is 1. The number of benzene rings is 1. The number of aliphatic hydroxyl groups is 1.